The van der Waals surface area contributed by atoms with E-state index in [0.29, 0.717) is 0 Å². The van der Waals surface area contributed by atoms with Crippen LogP contribution in [0.2, 0.25) is 0 Å². The zero-order valence-electron chi connectivity index (χ0n) is 12.0. The first-order valence-electron chi connectivity index (χ1n) is 7.10. The Balaban J connectivity index is 2.20. The maximum absolute atomic E-state index is 6.64. The van der Waals surface area contributed by atoms with Crippen molar-refractivity contribution in [2.24, 2.45) is 0 Å². The van der Waals surface area contributed by atoms with Crippen LogP contribution in [0.3, 0.4) is 0 Å². The second-order valence-corrected chi connectivity index (χ2v) is 6.52. The molecular formula is C18H20BrCl. The van der Waals surface area contributed by atoms with E-state index in [1.807, 2.05) is 0 Å². The summed E-state index contributed by atoms with van der Waals surface area (Å²) in [5.74, 6) is 0. The van der Waals surface area contributed by atoms with Gasteiger partial charge < -0.3 is 0 Å². The zero-order chi connectivity index (χ0) is 14.5. The molecule has 2 rings (SSSR count). The Morgan fingerprint density at radius 1 is 1.10 bits per heavy atom. The van der Waals surface area contributed by atoms with Gasteiger partial charge in [0, 0.05) is 4.47 Å². The van der Waals surface area contributed by atoms with Gasteiger partial charge in [0.15, 0.2) is 0 Å². The molecule has 0 aliphatic heterocycles. The van der Waals surface area contributed by atoms with Gasteiger partial charge in [-0.1, -0.05) is 71.2 Å². The monoisotopic (exact) mass is 350 g/mol. The first kappa shape index (κ1) is 15.6. The zero-order valence-corrected chi connectivity index (χ0v) is 14.3. The second-order valence-electron chi connectivity index (χ2n) is 5.23. The van der Waals surface area contributed by atoms with Crippen molar-refractivity contribution in [2.45, 2.75) is 38.5 Å². The molecule has 0 saturated heterocycles. The number of aryl methyl sites for hydroxylation is 2. The van der Waals surface area contributed by atoms with Crippen molar-refractivity contribution < 1.29 is 0 Å². The number of hydrogen-bond donors (Lipinski definition) is 0. The molecule has 0 aromatic heterocycles. The van der Waals surface area contributed by atoms with Gasteiger partial charge in [-0.05, 0) is 42.5 Å². The van der Waals surface area contributed by atoms with Crippen LogP contribution >= 0.6 is 27.5 Å². The summed E-state index contributed by atoms with van der Waals surface area (Å²) < 4.78 is 1.07. The molecule has 0 saturated carbocycles. The molecule has 1 unspecified atom stereocenters. The third kappa shape index (κ3) is 3.86. The summed E-state index contributed by atoms with van der Waals surface area (Å²) in [6.45, 7) is 4.31. The number of hydrogen-bond acceptors (Lipinski definition) is 0. The number of unbranched alkanes of at least 4 members (excludes halogenated alkanes) is 1. The molecule has 1 atom stereocenters. The molecule has 0 aliphatic carbocycles. The standard InChI is InChI=1S/C18H20BrCl/c1-3-4-5-14-7-9-15(10-8-14)18(20)16-12-13(2)6-11-17(16)19/h6-12,18H,3-5H2,1-2H3. The Morgan fingerprint density at radius 2 is 1.80 bits per heavy atom. The van der Waals surface area contributed by atoms with Crippen LogP contribution in [-0.4, -0.2) is 0 Å². The van der Waals surface area contributed by atoms with Gasteiger partial charge >= 0.3 is 0 Å². The molecule has 0 radical (unpaired) electrons. The molecule has 2 aromatic carbocycles. The van der Waals surface area contributed by atoms with Gasteiger partial charge in [-0.25, -0.2) is 0 Å². The Kier molecular flexibility index (Phi) is 5.68. The predicted octanol–water partition coefficient (Wildman–Crippen LogP) is 6.43. The van der Waals surface area contributed by atoms with Crippen LogP contribution in [0.1, 0.15) is 47.4 Å². The minimum absolute atomic E-state index is 0.107. The van der Waals surface area contributed by atoms with Crippen molar-refractivity contribution in [1.82, 2.24) is 0 Å². The van der Waals surface area contributed by atoms with Gasteiger partial charge in [-0.15, -0.1) is 11.6 Å². The van der Waals surface area contributed by atoms with E-state index in [4.69, 9.17) is 11.6 Å². The third-order valence-corrected chi connectivity index (χ3v) is 4.73. The van der Waals surface area contributed by atoms with Gasteiger partial charge in [0.05, 0.1) is 5.38 Å². The van der Waals surface area contributed by atoms with Crippen LogP contribution in [0.25, 0.3) is 0 Å². The topological polar surface area (TPSA) is 0 Å². The number of rotatable bonds is 5. The van der Waals surface area contributed by atoms with Crippen molar-refractivity contribution in [3.63, 3.8) is 0 Å². The van der Waals surface area contributed by atoms with Crippen LogP contribution in [-0.2, 0) is 6.42 Å². The molecular weight excluding hydrogens is 332 g/mol. The SMILES string of the molecule is CCCCc1ccc(C(Cl)c2cc(C)ccc2Br)cc1. The Morgan fingerprint density at radius 3 is 2.45 bits per heavy atom. The van der Waals surface area contributed by atoms with Crippen molar-refractivity contribution in [3.05, 3.63) is 69.2 Å². The second kappa shape index (κ2) is 7.28. The summed E-state index contributed by atoms with van der Waals surface area (Å²) in [7, 11) is 0. The molecule has 0 nitrogen and oxygen atoms in total. The van der Waals surface area contributed by atoms with Crippen LogP contribution in [0.15, 0.2) is 46.9 Å². The molecule has 2 aromatic rings. The highest BCUT2D eigenvalue weighted by atomic mass is 79.9. The number of benzene rings is 2. The lowest BCUT2D eigenvalue weighted by atomic mass is 10.00. The normalized spacial score (nSPS) is 12.4. The van der Waals surface area contributed by atoms with Crippen LogP contribution < -0.4 is 0 Å². The average molecular weight is 352 g/mol. The molecule has 2 heteroatoms. The fourth-order valence-corrected chi connectivity index (χ4v) is 3.20. The highest BCUT2D eigenvalue weighted by Crippen LogP contribution is 2.34. The minimum Gasteiger partial charge on any atom is -0.113 e. The van der Waals surface area contributed by atoms with E-state index in [0.717, 1.165) is 22.0 Å². The van der Waals surface area contributed by atoms with Crippen LogP contribution in [0.4, 0.5) is 0 Å². The van der Waals surface area contributed by atoms with Gasteiger partial charge in [-0.3, -0.25) is 0 Å². The van der Waals surface area contributed by atoms with Crippen LogP contribution in [0.5, 0.6) is 0 Å². The van der Waals surface area contributed by atoms with E-state index >= 15 is 0 Å². The van der Waals surface area contributed by atoms with E-state index in [2.05, 4.69) is 72.2 Å². The van der Waals surface area contributed by atoms with E-state index < -0.39 is 0 Å². The lowest BCUT2D eigenvalue weighted by Crippen LogP contribution is -1.96. The number of alkyl halides is 1. The summed E-state index contributed by atoms with van der Waals surface area (Å²) >= 11 is 10.2. The molecule has 0 N–H and O–H groups in total. The van der Waals surface area contributed by atoms with E-state index in [1.54, 1.807) is 0 Å². The maximum Gasteiger partial charge on any atom is 0.0846 e. The summed E-state index contributed by atoms with van der Waals surface area (Å²) in [4.78, 5) is 0. The van der Waals surface area contributed by atoms with E-state index in [-0.39, 0.29) is 5.38 Å². The molecule has 0 amide bonds. The van der Waals surface area contributed by atoms with Gasteiger partial charge in [0.1, 0.15) is 0 Å². The molecule has 0 fully saturated rings. The van der Waals surface area contributed by atoms with E-state index in [9.17, 15) is 0 Å². The molecule has 106 valence electrons. The molecule has 0 bridgehead atoms. The average Bonchev–Trinajstić information content (AvgIpc) is 2.47. The molecule has 0 aliphatic rings. The summed E-state index contributed by atoms with van der Waals surface area (Å²) in [6.07, 6.45) is 3.63. The maximum atomic E-state index is 6.64. The van der Waals surface area contributed by atoms with Crippen molar-refractivity contribution in [1.29, 1.82) is 0 Å². The Bertz CT molecular complexity index is 560. The molecule has 0 spiro atoms. The summed E-state index contributed by atoms with van der Waals surface area (Å²) in [6, 6.07) is 15.0. The smallest absolute Gasteiger partial charge is 0.0846 e. The first-order valence-corrected chi connectivity index (χ1v) is 8.33. The first-order chi connectivity index (χ1) is 9.61. The van der Waals surface area contributed by atoms with Gasteiger partial charge in [0.25, 0.3) is 0 Å². The number of halogens is 2. The third-order valence-electron chi connectivity index (χ3n) is 3.52. The summed E-state index contributed by atoms with van der Waals surface area (Å²) in [5.41, 5.74) is 4.90. The fourth-order valence-electron chi connectivity index (χ4n) is 2.27. The predicted molar refractivity (Wildman–Crippen MR) is 91.6 cm³/mol. The van der Waals surface area contributed by atoms with E-state index in [1.165, 1.54) is 24.0 Å². The van der Waals surface area contributed by atoms with Gasteiger partial charge in [0.2, 0.25) is 0 Å². The fraction of sp³-hybridized carbons (Fsp3) is 0.333. The van der Waals surface area contributed by atoms with Gasteiger partial charge in [-0.2, -0.15) is 0 Å². The summed E-state index contributed by atoms with van der Waals surface area (Å²) in [5, 5.41) is -0.107. The lowest BCUT2D eigenvalue weighted by Gasteiger charge is -2.14. The van der Waals surface area contributed by atoms with Crippen molar-refractivity contribution in [2.75, 3.05) is 0 Å². The molecule has 0 heterocycles. The Labute approximate surface area is 135 Å². The highest BCUT2D eigenvalue weighted by Gasteiger charge is 2.14. The van der Waals surface area contributed by atoms with Crippen LogP contribution in [0, 0.1) is 6.92 Å². The lowest BCUT2D eigenvalue weighted by molar-refractivity contribution is 0.794. The van der Waals surface area contributed by atoms with Crippen molar-refractivity contribution >= 4 is 27.5 Å². The van der Waals surface area contributed by atoms with Crippen molar-refractivity contribution in [3.8, 4) is 0 Å². The molecule has 20 heavy (non-hydrogen) atoms. The minimum atomic E-state index is -0.107. The largest absolute Gasteiger partial charge is 0.113 e. The Hall–Kier alpha value is -0.790. The highest BCUT2D eigenvalue weighted by molar-refractivity contribution is 9.10. The quantitative estimate of drug-likeness (QED) is 0.545.